The van der Waals surface area contributed by atoms with E-state index in [-0.39, 0.29) is 6.10 Å². The van der Waals surface area contributed by atoms with Crippen LogP contribution in [-0.4, -0.2) is 26.9 Å². The summed E-state index contributed by atoms with van der Waals surface area (Å²) in [7, 11) is 3.40. The predicted molar refractivity (Wildman–Crippen MR) is 44.4 cm³/mol. The quantitative estimate of drug-likeness (QED) is 0.609. The Labute approximate surface area is 67.5 Å². The van der Waals surface area contributed by atoms with Crippen LogP contribution >= 0.6 is 0 Å². The molecule has 0 aliphatic heterocycles. The van der Waals surface area contributed by atoms with E-state index >= 15 is 0 Å². The van der Waals surface area contributed by atoms with Gasteiger partial charge in [-0.05, 0) is 0 Å². The van der Waals surface area contributed by atoms with E-state index in [0.717, 1.165) is 0 Å². The first kappa shape index (κ1) is 8.50. The van der Waals surface area contributed by atoms with Gasteiger partial charge < -0.3 is 9.47 Å². The van der Waals surface area contributed by atoms with Gasteiger partial charge in [-0.2, -0.15) is 0 Å². The molecular formula is C9H14O2. The summed E-state index contributed by atoms with van der Waals surface area (Å²) in [6.45, 7) is 0.649. The molecule has 0 saturated heterocycles. The third kappa shape index (κ3) is 2.17. The van der Waals surface area contributed by atoms with Crippen molar-refractivity contribution in [2.24, 2.45) is 5.92 Å². The second-order valence-corrected chi connectivity index (χ2v) is 2.58. The predicted octanol–water partition coefficient (Wildman–Crippen LogP) is 1.39. The van der Waals surface area contributed by atoms with Gasteiger partial charge in [-0.25, -0.2) is 0 Å². The molecule has 0 bridgehead atoms. The zero-order chi connectivity index (χ0) is 8.10. The van der Waals surface area contributed by atoms with Gasteiger partial charge in [0.1, 0.15) is 0 Å². The number of hydrogen-bond donors (Lipinski definition) is 0. The van der Waals surface area contributed by atoms with Crippen molar-refractivity contribution in [3.8, 4) is 0 Å². The van der Waals surface area contributed by atoms with Crippen LogP contribution in [0.3, 0.4) is 0 Å². The maximum Gasteiger partial charge on any atom is 0.0901 e. The van der Waals surface area contributed by atoms with Crippen molar-refractivity contribution in [3.63, 3.8) is 0 Å². The lowest BCUT2D eigenvalue weighted by Crippen LogP contribution is -2.24. The highest BCUT2D eigenvalue weighted by molar-refractivity contribution is 5.19. The second kappa shape index (κ2) is 4.31. The molecule has 1 aliphatic carbocycles. The fourth-order valence-corrected chi connectivity index (χ4v) is 1.20. The molecule has 11 heavy (non-hydrogen) atoms. The molecule has 2 nitrogen and oxygen atoms in total. The lowest BCUT2D eigenvalue weighted by atomic mass is 10.1. The molecule has 0 amide bonds. The van der Waals surface area contributed by atoms with Crippen molar-refractivity contribution >= 4 is 0 Å². The minimum atomic E-state index is 0.162. The average molecular weight is 154 g/mol. The minimum absolute atomic E-state index is 0.162. The van der Waals surface area contributed by atoms with Gasteiger partial charge in [0.15, 0.2) is 0 Å². The van der Waals surface area contributed by atoms with Crippen molar-refractivity contribution in [2.45, 2.75) is 6.10 Å². The van der Waals surface area contributed by atoms with Crippen LogP contribution in [0, 0.1) is 5.92 Å². The highest BCUT2D eigenvalue weighted by atomic mass is 16.5. The molecule has 0 radical (unpaired) electrons. The molecule has 0 heterocycles. The highest BCUT2D eigenvalue weighted by Crippen LogP contribution is 2.15. The molecule has 1 aliphatic rings. The van der Waals surface area contributed by atoms with Crippen LogP contribution < -0.4 is 0 Å². The SMILES string of the molecule is COCC(OC)C1C=CC=C1. The van der Waals surface area contributed by atoms with Crippen LogP contribution in [0.25, 0.3) is 0 Å². The minimum Gasteiger partial charge on any atom is -0.382 e. The summed E-state index contributed by atoms with van der Waals surface area (Å²) in [5.74, 6) is 0.389. The van der Waals surface area contributed by atoms with Crippen LogP contribution in [-0.2, 0) is 9.47 Å². The lowest BCUT2D eigenvalue weighted by molar-refractivity contribution is 0.0143. The third-order valence-electron chi connectivity index (χ3n) is 1.84. The average Bonchev–Trinajstić information content (AvgIpc) is 2.52. The van der Waals surface area contributed by atoms with E-state index < -0.39 is 0 Å². The Bertz CT molecular complexity index is 149. The third-order valence-corrected chi connectivity index (χ3v) is 1.84. The van der Waals surface area contributed by atoms with E-state index in [1.54, 1.807) is 14.2 Å². The van der Waals surface area contributed by atoms with E-state index in [1.807, 2.05) is 12.2 Å². The molecule has 62 valence electrons. The van der Waals surface area contributed by atoms with Gasteiger partial charge in [0.25, 0.3) is 0 Å². The summed E-state index contributed by atoms with van der Waals surface area (Å²) in [6, 6.07) is 0. The Morgan fingerprint density at radius 2 is 1.91 bits per heavy atom. The van der Waals surface area contributed by atoms with Crippen molar-refractivity contribution in [1.82, 2.24) is 0 Å². The molecule has 0 aromatic carbocycles. The fraction of sp³-hybridized carbons (Fsp3) is 0.556. The molecule has 0 aromatic rings. The van der Waals surface area contributed by atoms with Crippen molar-refractivity contribution in [2.75, 3.05) is 20.8 Å². The van der Waals surface area contributed by atoms with Gasteiger partial charge in [-0.3, -0.25) is 0 Å². The van der Waals surface area contributed by atoms with E-state index in [9.17, 15) is 0 Å². The number of methoxy groups -OCH3 is 2. The van der Waals surface area contributed by atoms with Gasteiger partial charge in [0.2, 0.25) is 0 Å². The first-order valence-electron chi connectivity index (χ1n) is 3.75. The van der Waals surface area contributed by atoms with Gasteiger partial charge in [0.05, 0.1) is 12.7 Å². The van der Waals surface area contributed by atoms with Gasteiger partial charge in [0, 0.05) is 20.1 Å². The largest absolute Gasteiger partial charge is 0.382 e. The standard InChI is InChI=1S/C9H14O2/c1-10-7-9(11-2)8-5-3-4-6-8/h3-6,8-9H,7H2,1-2H3. The van der Waals surface area contributed by atoms with Crippen LogP contribution in [0.15, 0.2) is 24.3 Å². The summed E-state index contributed by atoms with van der Waals surface area (Å²) in [5, 5.41) is 0. The zero-order valence-corrected chi connectivity index (χ0v) is 6.99. The maximum atomic E-state index is 5.25. The Hall–Kier alpha value is -0.600. The number of hydrogen-bond acceptors (Lipinski definition) is 2. The van der Waals surface area contributed by atoms with Crippen LogP contribution in [0.4, 0.5) is 0 Å². The summed E-state index contributed by atoms with van der Waals surface area (Å²) in [5.41, 5.74) is 0. The highest BCUT2D eigenvalue weighted by Gasteiger charge is 2.16. The summed E-state index contributed by atoms with van der Waals surface area (Å²) < 4.78 is 10.3. The van der Waals surface area contributed by atoms with E-state index in [1.165, 1.54) is 0 Å². The number of rotatable bonds is 4. The Balaban J connectivity index is 2.41. The van der Waals surface area contributed by atoms with Crippen LogP contribution in [0.1, 0.15) is 0 Å². The van der Waals surface area contributed by atoms with Gasteiger partial charge in [-0.1, -0.05) is 24.3 Å². The maximum absolute atomic E-state index is 5.25. The van der Waals surface area contributed by atoms with E-state index in [0.29, 0.717) is 12.5 Å². The Morgan fingerprint density at radius 3 is 2.36 bits per heavy atom. The number of ether oxygens (including phenoxy) is 2. The molecule has 0 N–H and O–H groups in total. The zero-order valence-electron chi connectivity index (χ0n) is 6.99. The molecule has 2 heteroatoms. The van der Waals surface area contributed by atoms with Crippen molar-refractivity contribution < 1.29 is 9.47 Å². The molecule has 0 saturated carbocycles. The summed E-state index contributed by atoms with van der Waals surface area (Å²) >= 11 is 0. The molecule has 0 spiro atoms. The second-order valence-electron chi connectivity index (χ2n) is 2.58. The van der Waals surface area contributed by atoms with Crippen molar-refractivity contribution in [3.05, 3.63) is 24.3 Å². The fourth-order valence-electron chi connectivity index (χ4n) is 1.20. The molecule has 0 aromatic heterocycles. The monoisotopic (exact) mass is 154 g/mol. The Morgan fingerprint density at radius 1 is 1.27 bits per heavy atom. The normalized spacial score (nSPS) is 19.5. The van der Waals surface area contributed by atoms with Gasteiger partial charge in [-0.15, -0.1) is 0 Å². The van der Waals surface area contributed by atoms with E-state index in [4.69, 9.17) is 9.47 Å². The molecular weight excluding hydrogens is 140 g/mol. The first-order chi connectivity index (χ1) is 5.38. The molecule has 0 fully saturated rings. The number of allylic oxidation sites excluding steroid dienone is 2. The smallest absolute Gasteiger partial charge is 0.0901 e. The van der Waals surface area contributed by atoms with Gasteiger partial charge >= 0.3 is 0 Å². The van der Waals surface area contributed by atoms with Crippen molar-refractivity contribution in [1.29, 1.82) is 0 Å². The Kier molecular flexibility index (Phi) is 3.33. The van der Waals surface area contributed by atoms with E-state index in [2.05, 4.69) is 12.2 Å². The summed E-state index contributed by atoms with van der Waals surface area (Å²) in [6.07, 6.45) is 8.47. The molecule has 1 rings (SSSR count). The van der Waals surface area contributed by atoms with Crippen LogP contribution in [0.5, 0.6) is 0 Å². The lowest BCUT2D eigenvalue weighted by Gasteiger charge is -2.17. The topological polar surface area (TPSA) is 18.5 Å². The van der Waals surface area contributed by atoms with Crippen LogP contribution in [0.2, 0.25) is 0 Å². The molecule has 1 atom stereocenters. The first-order valence-corrected chi connectivity index (χ1v) is 3.75. The summed E-state index contributed by atoms with van der Waals surface area (Å²) in [4.78, 5) is 0. The molecule has 1 unspecified atom stereocenters.